The second kappa shape index (κ2) is 4.89. The van der Waals surface area contributed by atoms with E-state index in [4.69, 9.17) is 0 Å². The van der Waals surface area contributed by atoms with Crippen molar-refractivity contribution in [2.45, 2.75) is 19.8 Å². The lowest BCUT2D eigenvalue weighted by Crippen LogP contribution is -1.83. The zero-order valence-corrected chi connectivity index (χ0v) is 5.56. The van der Waals surface area contributed by atoms with Gasteiger partial charge >= 0.3 is 0 Å². The van der Waals surface area contributed by atoms with Crippen molar-refractivity contribution in [2.75, 3.05) is 0 Å². The molecule has 0 aliphatic heterocycles. The van der Waals surface area contributed by atoms with Crippen molar-refractivity contribution in [2.24, 2.45) is 5.92 Å². The average Bonchev–Trinajstić information content (AvgIpc) is 1.83. The summed E-state index contributed by atoms with van der Waals surface area (Å²) < 4.78 is 0. The van der Waals surface area contributed by atoms with Gasteiger partial charge in [0.25, 0.3) is 0 Å². The lowest BCUT2D eigenvalue weighted by Gasteiger charge is -1.96. The summed E-state index contributed by atoms with van der Waals surface area (Å²) in [5.41, 5.74) is 0. The normalized spacial score (nSPS) is 14.9. The Morgan fingerprint density at radius 2 is 2.25 bits per heavy atom. The van der Waals surface area contributed by atoms with Crippen molar-refractivity contribution in [3.05, 3.63) is 26.0 Å². The van der Waals surface area contributed by atoms with E-state index >= 15 is 0 Å². The van der Waals surface area contributed by atoms with Crippen molar-refractivity contribution in [3.8, 4) is 0 Å². The Bertz CT molecular complexity index is 62.4. The van der Waals surface area contributed by atoms with Crippen LogP contribution in [0.1, 0.15) is 19.8 Å². The fraction of sp³-hybridized carbons (Fsp3) is 0.500. The van der Waals surface area contributed by atoms with E-state index in [1.807, 2.05) is 0 Å². The van der Waals surface area contributed by atoms with Gasteiger partial charge in [-0.25, -0.2) is 0 Å². The highest BCUT2D eigenvalue weighted by Gasteiger charge is 1.87. The van der Waals surface area contributed by atoms with Crippen molar-refractivity contribution in [3.63, 3.8) is 0 Å². The summed E-state index contributed by atoms with van der Waals surface area (Å²) in [5.74, 6) is 0.412. The predicted molar refractivity (Wildman–Crippen MR) is 38.3 cm³/mol. The summed E-state index contributed by atoms with van der Waals surface area (Å²) in [7, 11) is 0. The molecule has 0 aromatic rings. The molecule has 0 fully saturated rings. The fourth-order valence-electron chi connectivity index (χ4n) is 0.425. The van der Waals surface area contributed by atoms with Crippen LogP contribution >= 0.6 is 0 Å². The van der Waals surface area contributed by atoms with E-state index in [9.17, 15) is 0 Å². The molecule has 0 rings (SSSR count). The van der Waals surface area contributed by atoms with Crippen molar-refractivity contribution < 1.29 is 0 Å². The molecule has 0 aromatic heterocycles. The second-order valence-electron chi connectivity index (χ2n) is 1.89. The van der Waals surface area contributed by atoms with E-state index in [2.05, 4.69) is 32.9 Å². The highest BCUT2D eigenvalue weighted by Crippen LogP contribution is 2.00. The number of allylic oxidation sites excluding steroid dienone is 2. The van der Waals surface area contributed by atoms with Gasteiger partial charge in [0, 0.05) is 0 Å². The molecule has 46 valence electrons. The standard InChI is InChI=1S/C8H14/c1-4-6-7-8(3)5-2/h6-8H,2-5H2,1H3/b7-6+. The number of hydrogen-bond acceptors (Lipinski definition) is 0. The van der Waals surface area contributed by atoms with Crippen LogP contribution in [0.2, 0.25) is 0 Å². The second-order valence-corrected chi connectivity index (χ2v) is 1.89. The molecule has 2 radical (unpaired) electrons. The van der Waals surface area contributed by atoms with Crippen LogP contribution in [0, 0.1) is 19.8 Å². The predicted octanol–water partition coefficient (Wildman–Crippen LogP) is 2.63. The molecule has 0 heterocycles. The Labute approximate surface area is 52.6 Å². The van der Waals surface area contributed by atoms with Gasteiger partial charge in [-0.05, 0) is 25.7 Å². The Morgan fingerprint density at radius 1 is 1.62 bits per heavy atom. The molecule has 0 aliphatic rings. The zero-order chi connectivity index (χ0) is 6.41. The van der Waals surface area contributed by atoms with Gasteiger partial charge in [0.05, 0.1) is 0 Å². The summed E-state index contributed by atoms with van der Waals surface area (Å²) in [4.78, 5) is 0. The van der Waals surface area contributed by atoms with Crippen molar-refractivity contribution in [1.29, 1.82) is 0 Å². The molecular formula is C8H14. The zero-order valence-electron chi connectivity index (χ0n) is 5.56. The van der Waals surface area contributed by atoms with Crippen LogP contribution in [0.4, 0.5) is 0 Å². The van der Waals surface area contributed by atoms with E-state index in [1.165, 1.54) is 0 Å². The Balaban J connectivity index is 3.21. The van der Waals surface area contributed by atoms with Gasteiger partial charge in [-0.3, -0.25) is 0 Å². The Morgan fingerprint density at radius 3 is 2.62 bits per heavy atom. The first-order valence-corrected chi connectivity index (χ1v) is 3.10. The molecule has 0 spiro atoms. The molecular weight excluding hydrogens is 96.1 g/mol. The third-order valence-electron chi connectivity index (χ3n) is 1.01. The van der Waals surface area contributed by atoms with Crippen LogP contribution in [-0.2, 0) is 0 Å². The van der Waals surface area contributed by atoms with Crippen LogP contribution in [0.5, 0.6) is 0 Å². The van der Waals surface area contributed by atoms with E-state index < -0.39 is 0 Å². The van der Waals surface area contributed by atoms with Gasteiger partial charge in [0.15, 0.2) is 0 Å². The average molecular weight is 110 g/mol. The largest absolute Gasteiger partial charge is 0.0885 e. The fourth-order valence-corrected chi connectivity index (χ4v) is 0.425. The number of rotatable bonds is 3. The molecule has 0 saturated carbocycles. The van der Waals surface area contributed by atoms with Crippen molar-refractivity contribution >= 4 is 0 Å². The molecule has 0 aliphatic carbocycles. The van der Waals surface area contributed by atoms with Gasteiger partial charge in [-0.1, -0.05) is 26.0 Å². The highest BCUT2D eigenvalue weighted by atomic mass is 13.9. The molecule has 0 amide bonds. The highest BCUT2D eigenvalue weighted by molar-refractivity contribution is 4.89. The van der Waals surface area contributed by atoms with Gasteiger partial charge < -0.3 is 0 Å². The van der Waals surface area contributed by atoms with E-state index in [0.29, 0.717) is 5.92 Å². The minimum atomic E-state index is 0.412. The van der Waals surface area contributed by atoms with Gasteiger partial charge in [0.2, 0.25) is 0 Å². The monoisotopic (exact) mass is 110 g/mol. The van der Waals surface area contributed by atoms with E-state index in [-0.39, 0.29) is 0 Å². The van der Waals surface area contributed by atoms with Gasteiger partial charge in [-0.2, -0.15) is 0 Å². The van der Waals surface area contributed by atoms with Crippen LogP contribution < -0.4 is 0 Å². The molecule has 0 saturated heterocycles. The first-order chi connectivity index (χ1) is 3.81. The third kappa shape index (κ3) is 3.91. The maximum Gasteiger partial charge on any atom is -0.0233 e. The molecule has 0 bridgehead atoms. The molecule has 0 N–H and O–H groups in total. The maximum atomic E-state index is 3.84. The quantitative estimate of drug-likeness (QED) is 0.490. The SMILES string of the molecule is [CH2]CC([CH2])/C=C/CC. The van der Waals surface area contributed by atoms with Crippen LogP contribution in [0.25, 0.3) is 0 Å². The van der Waals surface area contributed by atoms with Gasteiger partial charge in [0.1, 0.15) is 0 Å². The van der Waals surface area contributed by atoms with E-state index in [0.717, 1.165) is 12.8 Å². The summed E-state index contributed by atoms with van der Waals surface area (Å²) in [6.45, 7) is 9.69. The summed E-state index contributed by atoms with van der Waals surface area (Å²) >= 11 is 0. The van der Waals surface area contributed by atoms with Crippen LogP contribution in [-0.4, -0.2) is 0 Å². The summed E-state index contributed by atoms with van der Waals surface area (Å²) in [6.07, 6.45) is 6.23. The molecule has 1 unspecified atom stereocenters. The minimum Gasteiger partial charge on any atom is -0.0885 e. The first-order valence-electron chi connectivity index (χ1n) is 3.10. The van der Waals surface area contributed by atoms with Crippen molar-refractivity contribution in [1.82, 2.24) is 0 Å². The first kappa shape index (κ1) is 7.74. The number of hydrogen-bond donors (Lipinski definition) is 0. The minimum absolute atomic E-state index is 0.412. The maximum absolute atomic E-state index is 3.84. The lowest BCUT2D eigenvalue weighted by atomic mass is 10.1. The molecule has 0 heteroatoms. The lowest BCUT2D eigenvalue weighted by molar-refractivity contribution is 0.820. The third-order valence-corrected chi connectivity index (χ3v) is 1.01. The van der Waals surface area contributed by atoms with E-state index in [1.54, 1.807) is 0 Å². The Kier molecular flexibility index (Phi) is 4.73. The summed E-state index contributed by atoms with van der Waals surface area (Å²) in [6, 6.07) is 0. The van der Waals surface area contributed by atoms with Gasteiger partial charge in [-0.15, -0.1) is 0 Å². The smallest absolute Gasteiger partial charge is 0.0233 e. The Hall–Kier alpha value is -0.260. The molecule has 0 nitrogen and oxygen atoms in total. The van der Waals surface area contributed by atoms with Crippen LogP contribution in [0.3, 0.4) is 0 Å². The topological polar surface area (TPSA) is 0 Å². The molecule has 1 atom stereocenters. The summed E-state index contributed by atoms with van der Waals surface area (Å²) in [5, 5.41) is 0. The van der Waals surface area contributed by atoms with Crippen LogP contribution in [0.15, 0.2) is 12.2 Å². The molecule has 8 heavy (non-hydrogen) atoms. The molecule has 0 aromatic carbocycles.